The number of nitriles is 1. The van der Waals surface area contributed by atoms with Crippen molar-refractivity contribution in [3.05, 3.63) is 40.4 Å². The van der Waals surface area contributed by atoms with Gasteiger partial charge in [-0.25, -0.2) is 13.2 Å². The lowest BCUT2D eigenvalue weighted by Crippen LogP contribution is -2.43. The summed E-state index contributed by atoms with van der Waals surface area (Å²) in [5, 5.41) is 10.3. The number of methoxy groups -OCH3 is 1. The molecule has 0 saturated carbocycles. The lowest BCUT2D eigenvalue weighted by atomic mass is 9.95. The van der Waals surface area contributed by atoms with Crippen molar-refractivity contribution >= 4 is 66.6 Å². The molecule has 4 aromatic rings. The molecule has 16 heteroatoms. The quantitative estimate of drug-likeness (QED) is 0.205. The van der Waals surface area contributed by atoms with Crippen LogP contribution in [-0.4, -0.2) is 97.3 Å². The van der Waals surface area contributed by atoms with E-state index in [1.165, 1.54) is 26.3 Å². The molecule has 2 fully saturated rings. The van der Waals surface area contributed by atoms with E-state index in [1.54, 1.807) is 11.9 Å². The molecule has 2 aliphatic heterocycles. The molecule has 0 radical (unpaired) electrons. The first-order chi connectivity index (χ1) is 23.9. The highest BCUT2D eigenvalue weighted by Crippen LogP contribution is 2.46. The van der Waals surface area contributed by atoms with Crippen LogP contribution in [0.4, 0.5) is 24.0 Å². The van der Waals surface area contributed by atoms with E-state index < -0.39 is 35.2 Å². The zero-order valence-electron chi connectivity index (χ0n) is 27.7. The first kappa shape index (κ1) is 35.6. The molecule has 2 N–H and O–H groups in total. The number of ether oxygens (including phenoxy) is 2. The lowest BCUT2D eigenvalue weighted by Gasteiger charge is -2.31. The summed E-state index contributed by atoms with van der Waals surface area (Å²) in [4.78, 5) is 38.6. The molecule has 2 amide bonds. The molecule has 2 aromatic carbocycles. The standard InChI is InChI=1S/C34H35ClF3N7O4S/c1-43(10-4-6-24(46)44(2)25(47)16-48-3)32-20-12-22(35)27(19-7-8-23(37)30-26(19)21(14-39)31(40)50-30)28(38)29(20)41-33(42-32)49-17-34-9-5-11-45(34)15-18(36)13-34/h7-8,12,18H,4-6,9-11,13,15-17,40H2,1-3H3/t18-,34+/m1/s1. The fraction of sp³-hybridized carbons (Fsp3) is 0.441. The molecular formula is C34H35ClF3N7O4S. The molecular weight excluding hydrogens is 695 g/mol. The molecule has 2 saturated heterocycles. The minimum atomic E-state index is -0.983. The van der Waals surface area contributed by atoms with Crippen LogP contribution >= 0.6 is 22.9 Å². The van der Waals surface area contributed by atoms with Gasteiger partial charge in [-0.3, -0.25) is 19.4 Å². The van der Waals surface area contributed by atoms with Gasteiger partial charge in [-0.05, 0) is 43.5 Å². The summed E-state index contributed by atoms with van der Waals surface area (Å²) in [5.74, 6) is -2.07. The fourth-order valence-corrected chi connectivity index (χ4v) is 8.26. The molecule has 0 bridgehead atoms. The van der Waals surface area contributed by atoms with E-state index in [-0.39, 0.29) is 85.7 Å². The molecule has 2 atom stereocenters. The van der Waals surface area contributed by atoms with Gasteiger partial charge in [0.1, 0.15) is 47.6 Å². The van der Waals surface area contributed by atoms with E-state index >= 15 is 4.39 Å². The van der Waals surface area contributed by atoms with Gasteiger partial charge < -0.3 is 20.1 Å². The predicted molar refractivity (Wildman–Crippen MR) is 185 cm³/mol. The van der Waals surface area contributed by atoms with Crippen LogP contribution in [0.25, 0.3) is 32.1 Å². The first-order valence-corrected chi connectivity index (χ1v) is 17.2. The van der Waals surface area contributed by atoms with Crippen LogP contribution in [0.5, 0.6) is 6.01 Å². The highest BCUT2D eigenvalue weighted by atomic mass is 35.5. The Kier molecular flexibility index (Phi) is 10.1. The molecule has 6 rings (SSSR count). The molecule has 50 heavy (non-hydrogen) atoms. The smallest absolute Gasteiger partial charge is 0.319 e. The number of fused-ring (bicyclic) bond motifs is 3. The molecule has 4 heterocycles. The van der Waals surface area contributed by atoms with Crippen LogP contribution in [-0.2, 0) is 14.3 Å². The molecule has 264 valence electrons. The summed E-state index contributed by atoms with van der Waals surface area (Å²) in [6.45, 7) is 1.21. The third-order valence-corrected chi connectivity index (χ3v) is 10.9. The number of imide groups is 1. The average molecular weight is 730 g/mol. The third kappa shape index (κ3) is 6.41. The maximum Gasteiger partial charge on any atom is 0.319 e. The summed E-state index contributed by atoms with van der Waals surface area (Å²) >= 11 is 7.66. The number of hydrogen-bond donors (Lipinski definition) is 1. The minimum Gasteiger partial charge on any atom is -0.461 e. The number of thiophene rings is 1. The Morgan fingerprint density at radius 3 is 2.78 bits per heavy atom. The number of likely N-dealkylation sites (N-methyl/N-ethyl adjacent to an activating group) is 1. The number of aromatic nitrogens is 2. The molecule has 2 aromatic heterocycles. The van der Waals surface area contributed by atoms with Gasteiger partial charge in [-0.15, -0.1) is 11.3 Å². The average Bonchev–Trinajstić information content (AvgIpc) is 3.73. The SMILES string of the molecule is COCC(=O)N(C)C(=O)CCCN(C)c1nc(OC[C@@]23CCCN2C[C@H](F)C3)nc2c(F)c(-c3ccc(F)c4sc(N)c(C#N)c34)c(Cl)cc12. The number of nitrogens with two attached hydrogens (primary N) is 1. The van der Waals surface area contributed by atoms with Gasteiger partial charge in [0.2, 0.25) is 5.91 Å². The Balaban J connectivity index is 1.40. The maximum atomic E-state index is 16.9. The van der Waals surface area contributed by atoms with Gasteiger partial charge >= 0.3 is 6.01 Å². The highest BCUT2D eigenvalue weighted by Gasteiger charge is 2.49. The highest BCUT2D eigenvalue weighted by molar-refractivity contribution is 7.23. The van der Waals surface area contributed by atoms with Crippen molar-refractivity contribution in [2.45, 2.75) is 43.8 Å². The predicted octanol–water partition coefficient (Wildman–Crippen LogP) is 5.70. The number of benzene rings is 2. The number of nitrogens with zero attached hydrogens (tertiary/aromatic N) is 6. The number of carbonyl (C=O) groups is 2. The van der Waals surface area contributed by atoms with Crippen LogP contribution in [0.15, 0.2) is 18.2 Å². The Labute approximate surface area is 295 Å². The van der Waals surface area contributed by atoms with Gasteiger partial charge in [-0.2, -0.15) is 15.2 Å². The van der Waals surface area contributed by atoms with E-state index in [1.807, 2.05) is 6.07 Å². The monoisotopic (exact) mass is 729 g/mol. The number of halogens is 4. The van der Waals surface area contributed by atoms with Crippen LogP contribution < -0.4 is 15.4 Å². The van der Waals surface area contributed by atoms with Crippen molar-refractivity contribution in [2.75, 3.05) is 64.7 Å². The third-order valence-electron chi connectivity index (χ3n) is 9.53. The molecule has 11 nitrogen and oxygen atoms in total. The van der Waals surface area contributed by atoms with Gasteiger partial charge in [0.05, 0.1) is 20.8 Å². The zero-order chi connectivity index (χ0) is 35.9. The van der Waals surface area contributed by atoms with Crippen LogP contribution in [0.3, 0.4) is 0 Å². The van der Waals surface area contributed by atoms with Crippen molar-refractivity contribution in [1.29, 1.82) is 5.26 Å². The topological polar surface area (TPSA) is 138 Å². The Morgan fingerprint density at radius 1 is 1.26 bits per heavy atom. The second-order valence-corrected chi connectivity index (χ2v) is 14.2. The number of nitrogen functional groups attached to an aromatic ring is 1. The van der Waals surface area contributed by atoms with Crippen molar-refractivity contribution < 1.29 is 32.2 Å². The molecule has 0 unspecified atom stereocenters. The molecule has 0 spiro atoms. The van der Waals surface area contributed by atoms with Crippen molar-refractivity contribution in [3.8, 4) is 23.2 Å². The van der Waals surface area contributed by atoms with E-state index in [0.29, 0.717) is 19.4 Å². The van der Waals surface area contributed by atoms with E-state index in [4.69, 9.17) is 26.8 Å². The maximum absolute atomic E-state index is 16.9. The lowest BCUT2D eigenvalue weighted by molar-refractivity contribution is -0.145. The summed E-state index contributed by atoms with van der Waals surface area (Å²) in [5.41, 5.74) is 5.44. The number of alkyl halides is 1. The fourth-order valence-electron chi connectivity index (χ4n) is 7.02. The molecule has 2 aliphatic rings. The minimum absolute atomic E-state index is 0.00872. The van der Waals surface area contributed by atoms with E-state index in [9.17, 15) is 23.6 Å². The van der Waals surface area contributed by atoms with E-state index in [0.717, 1.165) is 41.7 Å². The Hall–Kier alpha value is -4.23. The van der Waals surface area contributed by atoms with Gasteiger partial charge in [0.25, 0.3) is 5.91 Å². The second-order valence-electron chi connectivity index (χ2n) is 12.7. The van der Waals surface area contributed by atoms with E-state index in [2.05, 4.69) is 14.9 Å². The number of anilines is 2. The summed E-state index contributed by atoms with van der Waals surface area (Å²) in [6.07, 6.45) is 1.31. The Morgan fingerprint density at radius 2 is 2.04 bits per heavy atom. The molecule has 0 aliphatic carbocycles. The summed E-state index contributed by atoms with van der Waals surface area (Å²) < 4.78 is 57.3. The normalized spacial score (nSPS) is 18.8. The zero-order valence-corrected chi connectivity index (χ0v) is 29.3. The summed E-state index contributed by atoms with van der Waals surface area (Å²) in [7, 11) is 4.45. The number of rotatable bonds is 11. The van der Waals surface area contributed by atoms with Crippen molar-refractivity contribution in [3.63, 3.8) is 0 Å². The second kappa shape index (κ2) is 14.2. The number of carbonyl (C=O) groups excluding carboxylic acids is 2. The van der Waals surface area contributed by atoms with Gasteiger partial charge in [0, 0.05) is 63.5 Å². The summed E-state index contributed by atoms with van der Waals surface area (Å²) in [6, 6.07) is 5.86. The van der Waals surface area contributed by atoms with Gasteiger partial charge in [0.15, 0.2) is 5.82 Å². The number of hydrogen-bond acceptors (Lipinski definition) is 11. The van der Waals surface area contributed by atoms with Crippen LogP contribution in [0, 0.1) is 23.0 Å². The number of amides is 2. The Bertz CT molecular complexity index is 2040. The van der Waals surface area contributed by atoms with Crippen LogP contribution in [0.1, 0.15) is 37.7 Å². The van der Waals surface area contributed by atoms with Crippen LogP contribution in [0.2, 0.25) is 5.02 Å². The van der Waals surface area contributed by atoms with Crippen molar-refractivity contribution in [2.24, 2.45) is 0 Å². The van der Waals surface area contributed by atoms with Gasteiger partial charge in [-0.1, -0.05) is 17.7 Å². The first-order valence-electron chi connectivity index (χ1n) is 16.0. The van der Waals surface area contributed by atoms with Crippen molar-refractivity contribution in [1.82, 2.24) is 19.8 Å². The largest absolute Gasteiger partial charge is 0.461 e.